The van der Waals surface area contributed by atoms with Gasteiger partial charge in [0.05, 0.1) is 13.7 Å². The van der Waals surface area contributed by atoms with Crippen LogP contribution in [-0.4, -0.2) is 51.1 Å². The Labute approximate surface area is 197 Å². The lowest BCUT2D eigenvalue weighted by Gasteiger charge is -2.13. The van der Waals surface area contributed by atoms with Crippen LogP contribution in [0, 0.1) is 6.92 Å². The lowest BCUT2D eigenvalue weighted by Crippen LogP contribution is -2.38. The fourth-order valence-electron chi connectivity index (χ4n) is 2.93. The predicted molar refractivity (Wildman–Crippen MR) is 134 cm³/mol. The summed E-state index contributed by atoms with van der Waals surface area (Å²) in [4.78, 5) is 18.4. The molecule has 2 aromatic carbocycles. The van der Waals surface area contributed by atoms with E-state index in [4.69, 9.17) is 4.74 Å². The molecule has 6 nitrogen and oxygen atoms in total. The maximum Gasteiger partial charge on any atom is 0.253 e. The lowest BCUT2D eigenvalue weighted by molar-refractivity contribution is 0.0827. The first-order valence-electron chi connectivity index (χ1n) is 9.91. The number of aryl methyl sites for hydroxylation is 1. The van der Waals surface area contributed by atoms with Crippen molar-refractivity contribution < 1.29 is 9.53 Å². The van der Waals surface area contributed by atoms with E-state index < -0.39 is 0 Å². The van der Waals surface area contributed by atoms with Gasteiger partial charge in [-0.05, 0) is 49.6 Å². The summed E-state index contributed by atoms with van der Waals surface area (Å²) in [5.74, 6) is 1.63. The monoisotopic (exact) mass is 524 g/mol. The van der Waals surface area contributed by atoms with Gasteiger partial charge in [-0.3, -0.25) is 4.79 Å². The molecule has 0 unspecified atom stereocenters. The van der Waals surface area contributed by atoms with Gasteiger partial charge in [-0.2, -0.15) is 0 Å². The van der Waals surface area contributed by atoms with Crippen LogP contribution in [0.4, 0.5) is 0 Å². The number of methoxy groups -OCH3 is 1. The molecule has 0 aliphatic heterocycles. The molecule has 0 aliphatic rings. The highest BCUT2D eigenvalue weighted by atomic mass is 127. The average Bonchev–Trinajstić information content (AvgIpc) is 2.72. The van der Waals surface area contributed by atoms with Crippen LogP contribution in [0.25, 0.3) is 0 Å². The summed E-state index contributed by atoms with van der Waals surface area (Å²) in [6.45, 7) is 6.12. The third kappa shape index (κ3) is 7.85. The molecular weight excluding hydrogens is 491 g/mol. The van der Waals surface area contributed by atoms with Crippen molar-refractivity contribution >= 4 is 35.8 Å². The van der Waals surface area contributed by atoms with E-state index in [0.717, 1.165) is 47.9 Å². The molecule has 0 saturated heterocycles. The van der Waals surface area contributed by atoms with E-state index in [-0.39, 0.29) is 29.9 Å². The zero-order valence-corrected chi connectivity index (χ0v) is 20.8. The van der Waals surface area contributed by atoms with E-state index >= 15 is 0 Å². The van der Waals surface area contributed by atoms with Crippen LogP contribution < -0.4 is 15.4 Å². The van der Waals surface area contributed by atoms with Crippen molar-refractivity contribution in [1.29, 1.82) is 0 Å². The van der Waals surface area contributed by atoms with Gasteiger partial charge in [0, 0.05) is 38.3 Å². The molecular formula is C23H33IN4O2. The zero-order valence-electron chi connectivity index (χ0n) is 18.5. The number of aliphatic imine (C=N–C) groups is 1. The zero-order chi connectivity index (χ0) is 21.2. The largest absolute Gasteiger partial charge is 0.496 e. The first-order chi connectivity index (χ1) is 13.9. The molecule has 30 heavy (non-hydrogen) atoms. The summed E-state index contributed by atoms with van der Waals surface area (Å²) < 4.78 is 5.46. The number of benzene rings is 2. The number of hydrogen-bond donors (Lipinski definition) is 2. The van der Waals surface area contributed by atoms with E-state index in [1.807, 2.05) is 44.2 Å². The lowest BCUT2D eigenvalue weighted by atomic mass is 10.1. The van der Waals surface area contributed by atoms with Crippen LogP contribution in [-0.2, 0) is 13.0 Å². The van der Waals surface area contributed by atoms with Crippen LogP contribution in [0.15, 0.2) is 47.5 Å². The number of carbonyl (C=O) groups is 1. The van der Waals surface area contributed by atoms with Gasteiger partial charge in [-0.15, -0.1) is 24.0 Å². The molecule has 0 aromatic heterocycles. The molecule has 2 rings (SSSR count). The molecule has 2 N–H and O–H groups in total. The van der Waals surface area contributed by atoms with Crippen molar-refractivity contribution in [2.75, 3.05) is 34.3 Å². The van der Waals surface area contributed by atoms with Crippen molar-refractivity contribution in [3.8, 4) is 5.75 Å². The SMILES string of the molecule is CCNC(=NCc1ccc(C)cc1OC)NCCc1cccc(C(=O)N(C)C)c1.I. The molecule has 7 heteroatoms. The molecule has 164 valence electrons. The average molecular weight is 524 g/mol. The number of carbonyl (C=O) groups excluding carboxylic acids is 1. The Morgan fingerprint density at radius 3 is 2.57 bits per heavy atom. The van der Waals surface area contributed by atoms with Gasteiger partial charge in [-0.25, -0.2) is 4.99 Å². The van der Waals surface area contributed by atoms with Crippen LogP contribution in [0.3, 0.4) is 0 Å². The standard InChI is InChI=1S/C23H32N4O2.HI/c1-6-24-23(26-16-20-11-10-17(2)14-21(20)29-5)25-13-12-18-8-7-9-19(15-18)22(28)27(3)4;/h7-11,14-15H,6,12-13,16H2,1-5H3,(H2,24,25,26);1H. The van der Waals surface area contributed by atoms with Crippen LogP contribution >= 0.6 is 24.0 Å². The summed E-state index contributed by atoms with van der Waals surface area (Å²) in [5.41, 5.74) is 4.03. The number of nitrogens with one attached hydrogen (secondary N) is 2. The van der Waals surface area contributed by atoms with Crippen LogP contribution in [0.1, 0.15) is 34.0 Å². The second-order valence-corrected chi connectivity index (χ2v) is 7.09. The molecule has 2 aromatic rings. The molecule has 1 amide bonds. The fraction of sp³-hybridized carbons (Fsp3) is 0.391. The van der Waals surface area contributed by atoms with E-state index in [9.17, 15) is 4.79 Å². The third-order valence-electron chi connectivity index (χ3n) is 4.48. The van der Waals surface area contributed by atoms with E-state index in [1.165, 1.54) is 0 Å². The number of guanidine groups is 1. The Kier molecular flexibility index (Phi) is 11.2. The fourth-order valence-corrected chi connectivity index (χ4v) is 2.93. The van der Waals surface area contributed by atoms with E-state index in [0.29, 0.717) is 12.1 Å². The molecule has 0 heterocycles. The third-order valence-corrected chi connectivity index (χ3v) is 4.48. The molecule has 0 fully saturated rings. The van der Waals surface area contributed by atoms with Crippen molar-refractivity contribution in [2.45, 2.75) is 26.8 Å². The number of amides is 1. The molecule has 0 radical (unpaired) electrons. The highest BCUT2D eigenvalue weighted by molar-refractivity contribution is 14.0. The maximum atomic E-state index is 12.1. The van der Waals surface area contributed by atoms with Crippen molar-refractivity contribution in [3.05, 3.63) is 64.7 Å². The smallest absolute Gasteiger partial charge is 0.253 e. The predicted octanol–water partition coefficient (Wildman–Crippen LogP) is 3.62. The molecule has 0 aliphatic carbocycles. The summed E-state index contributed by atoms with van der Waals surface area (Å²) in [5, 5.41) is 6.63. The van der Waals surface area contributed by atoms with Crippen LogP contribution in [0.5, 0.6) is 5.75 Å². The molecule has 0 saturated carbocycles. The summed E-state index contributed by atoms with van der Waals surface area (Å²) in [6, 6.07) is 13.9. The van der Waals surface area contributed by atoms with Gasteiger partial charge < -0.3 is 20.3 Å². The van der Waals surface area contributed by atoms with Gasteiger partial charge in [0.25, 0.3) is 5.91 Å². The minimum Gasteiger partial charge on any atom is -0.496 e. The highest BCUT2D eigenvalue weighted by Crippen LogP contribution is 2.20. The Balaban J connectivity index is 0.00000450. The summed E-state index contributed by atoms with van der Waals surface area (Å²) in [7, 11) is 5.21. The first kappa shape index (κ1) is 25.7. The maximum absolute atomic E-state index is 12.1. The van der Waals surface area contributed by atoms with Gasteiger partial charge in [0.15, 0.2) is 5.96 Å². The quantitative estimate of drug-likeness (QED) is 0.315. The van der Waals surface area contributed by atoms with Gasteiger partial charge in [0.1, 0.15) is 5.75 Å². The minimum atomic E-state index is 0. The number of hydrogen-bond acceptors (Lipinski definition) is 3. The summed E-state index contributed by atoms with van der Waals surface area (Å²) in [6.07, 6.45) is 0.798. The number of halogens is 1. The number of nitrogens with zero attached hydrogens (tertiary/aromatic N) is 2. The Morgan fingerprint density at radius 2 is 1.90 bits per heavy atom. The van der Waals surface area contributed by atoms with Gasteiger partial charge >= 0.3 is 0 Å². The van der Waals surface area contributed by atoms with Crippen molar-refractivity contribution in [1.82, 2.24) is 15.5 Å². The first-order valence-corrected chi connectivity index (χ1v) is 9.91. The molecule has 0 atom stereocenters. The van der Waals surface area contributed by atoms with E-state index in [2.05, 4.69) is 27.8 Å². The van der Waals surface area contributed by atoms with E-state index in [1.54, 1.807) is 26.1 Å². The van der Waals surface area contributed by atoms with Gasteiger partial charge in [0.2, 0.25) is 0 Å². The molecule has 0 bridgehead atoms. The normalized spacial score (nSPS) is 10.8. The Morgan fingerprint density at radius 1 is 1.13 bits per heavy atom. The Bertz CT molecular complexity index is 853. The van der Waals surface area contributed by atoms with Crippen molar-refractivity contribution in [2.24, 2.45) is 4.99 Å². The second kappa shape index (κ2) is 13.1. The number of rotatable bonds is 8. The topological polar surface area (TPSA) is 66.0 Å². The van der Waals surface area contributed by atoms with Crippen LogP contribution in [0.2, 0.25) is 0 Å². The number of ether oxygens (including phenoxy) is 1. The molecule has 0 spiro atoms. The Hall–Kier alpha value is -2.29. The summed E-state index contributed by atoms with van der Waals surface area (Å²) >= 11 is 0. The second-order valence-electron chi connectivity index (χ2n) is 7.09. The highest BCUT2D eigenvalue weighted by Gasteiger charge is 2.08. The minimum absolute atomic E-state index is 0. The van der Waals surface area contributed by atoms with Crippen molar-refractivity contribution in [3.63, 3.8) is 0 Å². The van der Waals surface area contributed by atoms with Gasteiger partial charge in [-0.1, -0.05) is 24.3 Å².